The van der Waals surface area contributed by atoms with Crippen LogP contribution in [-0.2, 0) is 20.0 Å². The Balaban J connectivity index is 2.45. The fourth-order valence-electron chi connectivity index (χ4n) is 1.64. The Morgan fingerprint density at radius 2 is 2.42 bits per heavy atom. The minimum absolute atomic E-state index is 0.569. The summed E-state index contributed by atoms with van der Waals surface area (Å²) < 4.78 is 2.95. The van der Waals surface area contributed by atoms with Crippen LogP contribution in [0.3, 0.4) is 0 Å². The average molecular weight is 230 g/mol. The zero-order valence-corrected chi connectivity index (χ0v) is 8.85. The van der Waals surface area contributed by atoms with E-state index in [0.717, 1.165) is 17.6 Å². The third-order valence-corrected chi connectivity index (χ3v) is 2.99. The quantitative estimate of drug-likeness (QED) is 0.726. The predicted molar refractivity (Wildman–Crippen MR) is 50.9 cm³/mol. The number of hydrogen-bond acceptors (Lipinski definition) is 2. The molecule has 1 aliphatic heterocycles. The van der Waals surface area contributed by atoms with Crippen molar-refractivity contribution in [2.75, 3.05) is 0 Å². The van der Waals surface area contributed by atoms with E-state index in [-0.39, 0.29) is 0 Å². The van der Waals surface area contributed by atoms with Crippen molar-refractivity contribution in [1.29, 1.82) is 0 Å². The molecule has 1 atom stereocenters. The molecule has 66 valence electrons. The number of rotatable bonds is 0. The van der Waals surface area contributed by atoms with Crippen molar-refractivity contribution in [1.82, 2.24) is 15.1 Å². The van der Waals surface area contributed by atoms with Crippen LogP contribution in [0.25, 0.3) is 0 Å². The molecule has 0 bridgehead atoms. The summed E-state index contributed by atoms with van der Waals surface area (Å²) >= 11 is 3.45. The molecule has 0 spiro atoms. The fraction of sp³-hybridized carbons (Fsp3) is 0.625. The highest BCUT2D eigenvalue weighted by Gasteiger charge is 2.20. The summed E-state index contributed by atoms with van der Waals surface area (Å²) in [4.78, 5) is 0. The third kappa shape index (κ3) is 1.19. The Hall–Kier alpha value is -0.350. The number of halogens is 1. The van der Waals surface area contributed by atoms with E-state index in [9.17, 15) is 0 Å². The lowest BCUT2D eigenvalue weighted by molar-refractivity contribution is 0.494. The van der Waals surface area contributed by atoms with Gasteiger partial charge in [-0.15, -0.1) is 0 Å². The molecule has 3 nitrogen and oxygen atoms in total. The smallest absolute Gasteiger partial charge is 0.132 e. The first-order chi connectivity index (χ1) is 5.68. The molecule has 0 unspecified atom stereocenters. The third-order valence-electron chi connectivity index (χ3n) is 2.35. The number of nitrogens with one attached hydrogen (secondary N) is 1. The molecule has 0 saturated carbocycles. The lowest BCUT2D eigenvalue weighted by Crippen LogP contribution is -2.33. The van der Waals surface area contributed by atoms with Crippen molar-refractivity contribution < 1.29 is 0 Å². The maximum absolute atomic E-state index is 4.32. The van der Waals surface area contributed by atoms with Crippen LogP contribution in [0.4, 0.5) is 0 Å². The Morgan fingerprint density at radius 1 is 1.67 bits per heavy atom. The van der Waals surface area contributed by atoms with Crippen LogP contribution in [0.2, 0.25) is 0 Å². The van der Waals surface area contributed by atoms with E-state index in [1.807, 2.05) is 11.7 Å². The molecule has 1 aromatic heterocycles. The Morgan fingerprint density at radius 3 is 3.17 bits per heavy atom. The SMILES string of the molecule is C[C@H]1Cc2c(c(Br)nn2C)CN1. The van der Waals surface area contributed by atoms with Gasteiger partial charge < -0.3 is 5.32 Å². The molecule has 0 aromatic carbocycles. The molecule has 4 heteroatoms. The molecule has 1 aliphatic rings. The largest absolute Gasteiger partial charge is 0.310 e. The second-order valence-corrected chi connectivity index (χ2v) is 4.08. The second-order valence-electron chi connectivity index (χ2n) is 3.33. The van der Waals surface area contributed by atoms with Gasteiger partial charge in [-0.05, 0) is 22.9 Å². The maximum atomic E-state index is 4.32. The summed E-state index contributed by atoms with van der Waals surface area (Å²) in [6, 6.07) is 0.569. The van der Waals surface area contributed by atoms with Gasteiger partial charge in [-0.25, -0.2) is 0 Å². The fourth-order valence-corrected chi connectivity index (χ4v) is 2.24. The van der Waals surface area contributed by atoms with E-state index in [0.29, 0.717) is 6.04 Å². The van der Waals surface area contributed by atoms with Crippen molar-refractivity contribution in [3.05, 3.63) is 15.9 Å². The topological polar surface area (TPSA) is 29.9 Å². The molecule has 12 heavy (non-hydrogen) atoms. The molecule has 0 fully saturated rings. The summed E-state index contributed by atoms with van der Waals surface area (Å²) in [7, 11) is 2.00. The minimum atomic E-state index is 0.569. The van der Waals surface area contributed by atoms with Gasteiger partial charge in [0.25, 0.3) is 0 Å². The van der Waals surface area contributed by atoms with Crippen LogP contribution in [0.5, 0.6) is 0 Å². The first kappa shape index (κ1) is 8.26. The number of fused-ring (bicyclic) bond motifs is 1. The van der Waals surface area contributed by atoms with Crippen molar-refractivity contribution >= 4 is 15.9 Å². The summed E-state index contributed by atoms with van der Waals surface area (Å²) in [5.74, 6) is 0. The van der Waals surface area contributed by atoms with E-state index in [4.69, 9.17) is 0 Å². The first-order valence-corrected chi connectivity index (χ1v) is 4.91. The Kier molecular flexibility index (Phi) is 1.96. The van der Waals surface area contributed by atoms with Crippen molar-refractivity contribution in [2.24, 2.45) is 7.05 Å². The van der Waals surface area contributed by atoms with Gasteiger partial charge in [0.15, 0.2) is 0 Å². The molecular weight excluding hydrogens is 218 g/mol. The summed E-state index contributed by atoms with van der Waals surface area (Å²) in [6.07, 6.45) is 1.07. The molecule has 0 saturated heterocycles. The van der Waals surface area contributed by atoms with Gasteiger partial charge in [0.1, 0.15) is 4.60 Å². The Labute approximate surface area is 80.3 Å². The highest BCUT2D eigenvalue weighted by Crippen LogP contribution is 2.23. The lowest BCUT2D eigenvalue weighted by atomic mass is 10.0. The van der Waals surface area contributed by atoms with E-state index >= 15 is 0 Å². The van der Waals surface area contributed by atoms with E-state index in [2.05, 4.69) is 33.3 Å². The summed E-state index contributed by atoms with van der Waals surface area (Å²) in [5, 5.41) is 7.73. The zero-order valence-electron chi connectivity index (χ0n) is 7.26. The highest BCUT2D eigenvalue weighted by molar-refractivity contribution is 9.10. The van der Waals surface area contributed by atoms with E-state index < -0.39 is 0 Å². The normalized spacial score (nSPS) is 22.4. The summed E-state index contributed by atoms with van der Waals surface area (Å²) in [5.41, 5.74) is 2.67. The van der Waals surface area contributed by atoms with Crippen LogP contribution in [0, 0.1) is 0 Å². The van der Waals surface area contributed by atoms with E-state index in [1.165, 1.54) is 11.3 Å². The second kappa shape index (κ2) is 2.85. The molecule has 1 aromatic rings. The number of nitrogens with zero attached hydrogens (tertiary/aromatic N) is 2. The van der Waals surface area contributed by atoms with Gasteiger partial charge in [-0.1, -0.05) is 0 Å². The minimum Gasteiger partial charge on any atom is -0.310 e. The van der Waals surface area contributed by atoms with Gasteiger partial charge >= 0.3 is 0 Å². The lowest BCUT2D eigenvalue weighted by Gasteiger charge is -2.20. The molecule has 2 heterocycles. The van der Waals surface area contributed by atoms with Gasteiger partial charge in [-0.3, -0.25) is 4.68 Å². The molecule has 1 N–H and O–H groups in total. The van der Waals surface area contributed by atoms with Crippen LogP contribution in [0.15, 0.2) is 4.60 Å². The molecule has 0 radical (unpaired) electrons. The van der Waals surface area contributed by atoms with Gasteiger partial charge in [-0.2, -0.15) is 5.10 Å². The van der Waals surface area contributed by atoms with Crippen molar-refractivity contribution in [3.63, 3.8) is 0 Å². The molecular formula is C8H12BrN3. The molecule has 2 rings (SSSR count). The maximum Gasteiger partial charge on any atom is 0.132 e. The number of aromatic nitrogens is 2. The summed E-state index contributed by atoms with van der Waals surface area (Å²) in [6.45, 7) is 3.13. The predicted octanol–water partition coefficient (Wildman–Crippen LogP) is 1.22. The standard InChI is InChI=1S/C8H12BrN3/c1-5-3-7-6(4-10-5)8(9)11-12(7)2/h5,10H,3-4H2,1-2H3/t5-/m0/s1. The number of hydrogen-bond donors (Lipinski definition) is 1. The van der Waals surface area contributed by atoms with Gasteiger partial charge in [0, 0.05) is 37.3 Å². The first-order valence-electron chi connectivity index (χ1n) is 4.12. The van der Waals surface area contributed by atoms with Crippen LogP contribution < -0.4 is 5.32 Å². The van der Waals surface area contributed by atoms with Crippen LogP contribution >= 0.6 is 15.9 Å². The monoisotopic (exact) mass is 229 g/mol. The van der Waals surface area contributed by atoms with Crippen molar-refractivity contribution in [2.45, 2.75) is 25.9 Å². The zero-order chi connectivity index (χ0) is 8.72. The van der Waals surface area contributed by atoms with Gasteiger partial charge in [0.05, 0.1) is 0 Å². The average Bonchev–Trinajstić information content (AvgIpc) is 2.28. The van der Waals surface area contributed by atoms with Crippen LogP contribution in [-0.4, -0.2) is 15.8 Å². The number of aryl methyl sites for hydroxylation is 1. The van der Waals surface area contributed by atoms with Crippen molar-refractivity contribution in [3.8, 4) is 0 Å². The molecule has 0 amide bonds. The van der Waals surface area contributed by atoms with Gasteiger partial charge in [0.2, 0.25) is 0 Å². The van der Waals surface area contributed by atoms with E-state index in [1.54, 1.807) is 0 Å². The molecule has 0 aliphatic carbocycles. The Bertz CT molecular complexity index is 305. The van der Waals surface area contributed by atoms with Crippen LogP contribution in [0.1, 0.15) is 18.2 Å². The highest BCUT2D eigenvalue weighted by atomic mass is 79.9.